The fourth-order valence-electron chi connectivity index (χ4n) is 3.48. The molecule has 3 aromatic carbocycles. The van der Waals surface area contributed by atoms with Gasteiger partial charge >= 0.3 is 5.97 Å². The molecular formula is C24H14BrFO6. The molecule has 0 atom stereocenters. The summed E-state index contributed by atoms with van der Waals surface area (Å²) in [5.74, 6) is -0.734. The van der Waals surface area contributed by atoms with Crippen LogP contribution in [0.5, 0.6) is 17.2 Å². The number of hydrogen-bond acceptors (Lipinski definition) is 6. The number of ether oxygens (including phenoxy) is 4. The van der Waals surface area contributed by atoms with Crippen LogP contribution < -0.4 is 14.2 Å². The van der Waals surface area contributed by atoms with Gasteiger partial charge in [-0.2, -0.15) is 0 Å². The van der Waals surface area contributed by atoms with E-state index in [4.69, 9.17) is 18.9 Å². The van der Waals surface area contributed by atoms with Crippen LogP contribution in [0.3, 0.4) is 0 Å². The second-order valence-corrected chi connectivity index (χ2v) is 7.98. The average Bonchev–Trinajstić information content (AvgIpc) is 3.08. The molecule has 0 fully saturated rings. The molecule has 2 aliphatic rings. The van der Waals surface area contributed by atoms with Gasteiger partial charge in [0.15, 0.2) is 12.6 Å². The third kappa shape index (κ3) is 3.79. The fraction of sp³-hybridized carbons (Fsp3) is 0.0833. The van der Waals surface area contributed by atoms with Crippen molar-refractivity contribution in [2.24, 2.45) is 0 Å². The zero-order valence-corrected chi connectivity index (χ0v) is 18.0. The summed E-state index contributed by atoms with van der Waals surface area (Å²) >= 11 is 3.45. The molecule has 0 saturated heterocycles. The van der Waals surface area contributed by atoms with Gasteiger partial charge in [-0.15, -0.1) is 0 Å². The standard InChI is InChI=1S/C24H14BrFO6/c25-15-7-13(23-14(8-15)11-29-12-30-23)9-21-22(27)18-6-5-16(10-20(18)32-21)31-24(28)17-3-1-2-4-19(17)26/h1-10H,11-12H2. The van der Waals surface area contributed by atoms with Gasteiger partial charge in [-0.05, 0) is 42.5 Å². The van der Waals surface area contributed by atoms with Crippen molar-refractivity contribution in [3.05, 3.63) is 92.9 Å². The number of carbonyl (C=O) groups excluding carboxylic acids is 2. The number of rotatable bonds is 3. The van der Waals surface area contributed by atoms with Crippen LogP contribution in [0.15, 0.2) is 64.8 Å². The Labute approximate surface area is 190 Å². The predicted octanol–water partition coefficient (Wildman–Crippen LogP) is 5.29. The highest BCUT2D eigenvalue weighted by Crippen LogP contribution is 2.38. The Morgan fingerprint density at radius 3 is 2.81 bits per heavy atom. The zero-order valence-electron chi connectivity index (χ0n) is 16.4. The molecule has 0 saturated carbocycles. The highest BCUT2D eigenvalue weighted by molar-refractivity contribution is 9.10. The van der Waals surface area contributed by atoms with Gasteiger partial charge in [0.1, 0.15) is 23.1 Å². The maximum Gasteiger partial charge on any atom is 0.346 e. The van der Waals surface area contributed by atoms with Gasteiger partial charge < -0.3 is 18.9 Å². The summed E-state index contributed by atoms with van der Waals surface area (Å²) in [6.07, 6.45) is 1.60. The first-order valence-electron chi connectivity index (χ1n) is 9.57. The minimum absolute atomic E-state index is 0.105. The number of esters is 1. The van der Waals surface area contributed by atoms with E-state index in [-0.39, 0.29) is 35.4 Å². The van der Waals surface area contributed by atoms with Crippen molar-refractivity contribution >= 4 is 33.8 Å². The van der Waals surface area contributed by atoms with Crippen LogP contribution in [0.1, 0.15) is 31.8 Å². The van der Waals surface area contributed by atoms with Crippen molar-refractivity contribution in [3.8, 4) is 17.2 Å². The second kappa shape index (κ2) is 8.22. The molecule has 6 nitrogen and oxygen atoms in total. The average molecular weight is 497 g/mol. The summed E-state index contributed by atoms with van der Waals surface area (Å²) < 4.78 is 36.5. The van der Waals surface area contributed by atoms with E-state index in [9.17, 15) is 14.0 Å². The molecule has 160 valence electrons. The summed E-state index contributed by atoms with van der Waals surface area (Å²) in [7, 11) is 0. The van der Waals surface area contributed by atoms with Crippen molar-refractivity contribution in [1.29, 1.82) is 0 Å². The molecule has 2 heterocycles. The summed E-state index contributed by atoms with van der Waals surface area (Å²) in [4.78, 5) is 25.1. The van der Waals surface area contributed by atoms with Gasteiger partial charge in [0.2, 0.25) is 5.78 Å². The van der Waals surface area contributed by atoms with E-state index in [1.165, 1.54) is 42.5 Å². The molecule has 0 amide bonds. The van der Waals surface area contributed by atoms with Crippen molar-refractivity contribution in [1.82, 2.24) is 0 Å². The van der Waals surface area contributed by atoms with Crippen LogP contribution in [0.25, 0.3) is 6.08 Å². The van der Waals surface area contributed by atoms with E-state index in [0.717, 1.165) is 10.0 Å². The molecule has 5 rings (SSSR count). The molecule has 32 heavy (non-hydrogen) atoms. The lowest BCUT2D eigenvalue weighted by Crippen LogP contribution is -2.12. The molecular weight excluding hydrogens is 483 g/mol. The zero-order chi connectivity index (χ0) is 22.2. The maximum atomic E-state index is 13.8. The van der Waals surface area contributed by atoms with Gasteiger partial charge in [0.25, 0.3) is 0 Å². The van der Waals surface area contributed by atoms with Crippen LogP contribution in [-0.2, 0) is 11.3 Å². The van der Waals surface area contributed by atoms with Gasteiger partial charge in [-0.1, -0.05) is 28.1 Å². The van der Waals surface area contributed by atoms with Crippen molar-refractivity contribution in [2.75, 3.05) is 6.79 Å². The first-order chi connectivity index (χ1) is 15.5. The minimum atomic E-state index is -0.844. The van der Waals surface area contributed by atoms with Gasteiger partial charge in [0, 0.05) is 21.7 Å². The number of allylic oxidation sites excluding steroid dienone is 1. The third-order valence-corrected chi connectivity index (χ3v) is 5.39. The first kappa shape index (κ1) is 20.4. The van der Waals surface area contributed by atoms with Crippen molar-refractivity contribution in [2.45, 2.75) is 6.61 Å². The molecule has 0 spiro atoms. The van der Waals surface area contributed by atoms with E-state index < -0.39 is 11.8 Å². The number of ketones is 1. The Kier molecular flexibility index (Phi) is 5.24. The van der Waals surface area contributed by atoms with E-state index in [1.807, 2.05) is 12.1 Å². The largest absolute Gasteiger partial charge is 0.467 e. The molecule has 8 heteroatoms. The molecule has 0 bridgehead atoms. The topological polar surface area (TPSA) is 71.1 Å². The highest BCUT2D eigenvalue weighted by Gasteiger charge is 2.29. The van der Waals surface area contributed by atoms with Crippen LogP contribution in [0, 0.1) is 5.82 Å². The molecule has 0 N–H and O–H groups in total. The molecule has 0 unspecified atom stereocenters. The smallest absolute Gasteiger partial charge is 0.346 e. The Balaban J connectivity index is 1.42. The first-order valence-corrected chi connectivity index (χ1v) is 10.4. The van der Waals surface area contributed by atoms with E-state index >= 15 is 0 Å². The predicted molar refractivity (Wildman–Crippen MR) is 115 cm³/mol. The Hall–Kier alpha value is -3.49. The Bertz CT molecular complexity index is 1300. The van der Waals surface area contributed by atoms with Crippen LogP contribution in [0.4, 0.5) is 4.39 Å². The number of benzene rings is 3. The Morgan fingerprint density at radius 1 is 1.12 bits per heavy atom. The van der Waals surface area contributed by atoms with Crippen LogP contribution in [-0.4, -0.2) is 18.5 Å². The number of fused-ring (bicyclic) bond motifs is 2. The van der Waals surface area contributed by atoms with Gasteiger partial charge in [0.05, 0.1) is 17.7 Å². The third-order valence-electron chi connectivity index (χ3n) is 4.94. The summed E-state index contributed by atoms with van der Waals surface area (Å²) in [6.45, 7) is 0.521. The molecule has 0 radical (unpaired) electrons. The fourth-order valence-corrected chi connectivity index (χ4v) is 4.00. The Morgan fingerprint density at radius 2 is 1.97 bits per heavy atom. The summed E-state index contributed by atoms with van der Waals surface area (Å²) in [5, 5.41) is 0. The van der Waals surface area contributed by atoms with E-state index in [2.05, 4.69) is 15.9 Å². The SMILES string of the molecule is O=C(Oc1ccc2c(c1)OC(=Cc1cc(Br)cc3c1OCOC3)C2=O)c1ccccc1F. The molecule has 0 aliphatic carbocycles. The lowest BCUT2D eigenvalue weighted by Gasteiger charge is -2.20. The quantitative estimate of drug-likeness (QED) is 0.278. The van der Waals surface area contributed by atoms with E-state index in [1.54, 1.807) is 6.08 Å². The van der Waals surface area contributed by atoms with Crippen molar-refractivity contribution < 1.29 is 32.9 Å². The number of Topliss-reactive ketones (excluding diaryl/α,β-unsaturated/α-hetero) is 1. The highest BCUT2D eigenvalue weighted by atomic mass is 79.9. The lowest BCUT2D eigenvalue weighted by molar-refractivity contribution is -0.0165. The minimum Gasteiger partial charge on any atom is -0.467 e. The monoisotopic (exact) mass is 496 g/mol. The lowest BCUT2D eigenvalue weighted by atomic mass is 10.1. The van der Waals surface area contributed by atoms with E-state index in [0.29, 0.717) is 23.5 Å². The summed E-state index contributed by atoms with van der Waals surface area (Å²) in [6, 6.07) is 13.6. The van der Waals surface area contributed by atoms with Gasteiger partial charge in [-0.3, -0.25) is 4.79 Å². The molecule has 2 aliphatic heterocycles. The normalized spacial score (nSPS) is 15.6. The number of carbonyl (C=O) groups is 2. The maximum absolute atomic E-state index is 13.8. The number of halogens is 2. The summed E-state index contributed by atoms with van der Waals surface area (Å²) in [5.41, 5.74) is 1.66. The van der Waals surface area contributed by atoms with Crippen molar-refractivity contribution in [3.63, 3.8) is 0 Å². The van der Waals surface area contributed by atoms with Crippen LogP contribution >= 0.6 is 15.9 Å². The molecule has 3 aromatic rings. The molecule has 0 aromatic heterocycles. The second-order valence-electron chi connectivity index (χ2n) is 7.06. The van der Waals surface area contributed by atoms with Gasteiger partial charge in [-0.25, -0.2) is 9.18 Å². The number of hydrogen-bond donors (Lipinski definition) is 0. The van der Waals surface area contributed by atoms with Crippen LogP contribution in [0.2, 0.25) is 0 Å².